The second-order valence-corrected chi connectivity index (χ2v) is 10.2. The molecule has 3 aliphatic heterocycles. The topological polar surface area (TPSA) is 89.3 Å². The van der Waals surface area contributed by atoms with E-state index in [0.717, 1.165) is 23.5 Å². The molecule has 7 nitrogen and oxygen atoms in total. The van der Waals surface area contributed by atoms with Crippen molar-refractivity contribution in [2.24, 2.45) is 0 Å². The predicted molar refractivity (Wildman–Crippen MR) is 128 cm³/mol. The Kier molecular flexibility index (Phi) is 5.13. The summed E-state index contributed by atoms with van der Waals surface area (Å²) in [5.74, 6) is 0.0714. The third kappa shape index (κ3) is 3.53. The number of fused-ring (bicyclic) bond motifs is 3. The Labute approximate surface area is 207 Å². The van der Waals surface area contributed by atoms with Crippen LogP contribution in [0.4, 0.5) is 0 Å². The minimum absolute atomic E-state index is 0.0298. The number of nitrogens with one attached hydrogen (secondary N) is 2. The smallest absolute Gasteiger partial charge is 0.346 e. The van der Waals surface area contributed by atoms with Crippen LogP contribution in [0.25, 0.3) is 21.7 Å². The van der Waals surface area contributed by atoms with Crippen molar-refractivity contribution in [1.82, 2.24) is 20.6 Å². The van der Waals surface area contributed by atoms with Crippen LogP contribution in [-0.4, -0.2) is 35.1 Å². The molecule has 11 heteroatoms. The Morgan fingerprint density at radius 3 is 2.70 bits per heavy atom. The molecule has 33 heavy (non-hydrogen) atoms. The normalized spacial score (nSPS) is 21.7. The van der Waals surface area contributed by atoms with Gasteiger partial charge >= 0.3 is 5.97 Å². The fourth-order valence-electron chi connectivity index (χ4n) is 4.40. The molecule has 7 rings (SSSR count). The van der Waals surface area contributed by atoms with Crippen molar-refractivity contribution in [3.8, 4) is 16.3 Å². The zero-order valence-corrected chi connectivity index (χ0v) is 19.9. The summed E-state index contributed by atoms with van der Waals surface area (Å²) in [7, 11) is 0. The highest BCUT2D eigenvalue weighted by Crippen LogP contribution is 2.42. The summed E-state index contributed by atoms with van der Waals surface area (Å²) in [4.78, 5) is 22.1. The quantitative estimate of drug-likeness (QED) is 0.278. The molecule has 2 atom stereocenters. The van der Waals surface area contributed by atoms with Crippen LogP contribution < -0.4 is 15.4 Å². The van der Waals surface area contributed by atoms with E-state index in [-0.39, 0.29) is 26.9 Å². The standard InChI is InChI=1S/C22H15Cl3N4O3S/c23-10-5-13(24)16(14(25)6-10)20(30)31-15-2-1-12(19-27-3-4-33-19)18-17(15)28-21(32-18)22-7-11(29-22)8-26-9-22/h1-6,11,26,29H,7-9H2. The van der Waals surface area contributed by atoms with Gasteiger partial charge in [-0.2, -0.15) is 0 Å². The van der Waals surface area contributed by atoms with Gasteiger partial charge in [-0.1, -0.05) is 34.8 Å². The van der Waals surface area contributed by atoms with Gasteiger partial charge < -0.3 is 14.5 Å². The molecule has 0 spiro atoms. The lowest BCUT2D eigenvalue weighted by molar-refractivity contribution is 0.0620. The predicted octanol–water partition coefficient (Wildman–Crippen LogP) is 5.29. The fourth-order valence-corrected chi connectivity index (χ4v) is 6.04. The van der Waals surface area contributed by atoms with Crippen molar-refractivity contribution in [3.63, 3.8) is 0 Å². The number of piperidine rings is 1. The maximum Gasteiger partial charge on any atom is 0.346 e. The molecule has 168 valence electrons. The van der Waals surface area contributed by atoms with Gasteiger partial charge in [0.2, 0.25) is 5.89 Å². The lowest BCUT2D eigenvalue weighted by Crippen LogP contribution is -2.72. The van der Waals surface area contributed by atoms with E-state index in [0.29, 0.717) is 34.6 Å². The molecule has 2 aromatic carbocycles. The molecule has 2 aromatic heterocycles. The average Bonchev–Trinajstić information content (AvgIpc) is 3.44. The zero-order chi connectivity index (χ0) is 22.7. The first-order chi connectivity index (χ1) is 15.9. The van der Waals surface area contributed by atoms with E-state index in [4.69, 9.17) is 48.9 Å². The lowest BCUT2D eigenvalue weighted by Gasteiger charge is -2.51. The SMILES string of the molecule is O=C(Oc1ccc(-c2nccs2)c2oc(C34CNCC(C3)N4)nc12)c1c(Cl)cc(Cl)cc1Cl. The number of hydrogen-bond donors (Lipinski definition) is 2. The molecular weight excluding hydrogens is 507 g/mol. The molecule has 3 fully saturated rings. The summed E-state index contributed by atoms with van der Waals surface area (Å²) in [5.41, 5.74) is 1.35. The molecule has 2 bridgehead atoms. The van der Waals surface area contributed by atoms with Crippen LogP contribution in [0.1, 0.15) is 22.7 Å². The molecule has 3 saturated heterocycles. The Bertz CT molecular complexity index is 1370. The molecule has 2 unspecified atom stereocenters. The van der Waals surface area contributed by atoms with Crippen molar-refractivity contribution in [1.29, 1.82) is 0 Å². The van der Waals surface area contributed by atoms with Crippen LogP contribution in [0.2, 0.25) is 15.1 Å². The summed E-state index contributed by atoms with van der Waals surface area (Å²) in [6.07, 6.45) is 2.65. The summed E-state index contributed by atoms with van der Waals surface area (Å²) in [6, 6.07) is 6.74. The van der Waals surface area contributed by atoms with Gasteiger partial charge in [0.25, 0.3) is 0 Å². The van der Waals surface area contributed by atoms with Gasteiger partial charge in [0.05, 0.1) is 21.2 Å². The maximum absolute atomic E-state index is 13.0. The summed E-state index contributed by atoms with van der Waals surface area (Å²) in [6.45, 7) is 1.62. The van der Waals surface area contributed by atoms with Gasteiger partial charge in [0.15, 0.2) is 16.8 Å². The van der Waals surface area contributed by atoms with E-state index < -0.39 is 5.97 Å². The van der Waals surface area contributed by atoms with E-state index in [1.165, 1.54) is 23.5 Å². The lowest BCUT2D eigenvalue weighted by atomic mass is 9.78. The van der Waals surface area contributed by atoms with E-state index in [2.05, 4.69) is 15.6 Å². The number of ether oxygens (including phenoxy) is 1. The zero-order valence-electron chi connectivity index (χ0n) is 16.8. The van der Waals surface area contributed by atoms with Gasteiger partial charge in [-0.15, -0.1) is 11.3 Å². The van der Waals surface area contributed by atoms with Gasteiger partial charge in [0, 0.05) is 35.7 Å². The van der Waals surface area contributed by atoms with Crippen molar-refractivity contribution in [3.05, 3.63) is 62.4 Å². The van der Waals surface area contributed by atoms with Crippen LogP contribution in [-0.2, 0) is 5.54 Å². The Morgan fingerprint density at radius 2 is 2.03 bits per heavy atom. The summed E-state index contributed by atoms with van der Waals surface area (Å²) >= 11 is 19.9. The van der Waals surface area contributed by atoms with Crippen LogP contribution in [0.3, 0.4) is 0 Å². The first kappa shape index (κ1) is 21.3. The van der Waals surface area contributed by atoms with Gasteiger partial charge in [-0.3, -0.25) is 5.32 Å². The van der Waals surface area contributed by atoms with Crippen molar-refractivity contribution in [2.75, 3.05) is 13.1 Å². The number of nitrogens with zero attached hydrogens (tertiary/aromatic N) is 2. The molecular formula is C22H15Cl3N4O3S. The second-order valence-electron chi connectivity index (χ2n) is 8.04. The molecule has 4 aromatic rings. The number of hydrogen-bond acceptors (Lipinski definition) is 8. The first-order valence-corrected chi connectivity index (χ1v) is 12.1. The van der Waals surface area contributed by atoms with E-state index in [1.807, 2.05) is 5.38 Å². The number of benzene rings is 2. The van der Waals surface area contributed by atoms with Crippen LogP contribution in [0.5, 0.6) is 5.75 Å². The van der Waals surface area contributed by atoms with E-state index in [1.54, 1.807) is 18.3 Å². The highest BCUT2D eigenvalue weighted by atomic mass is 35.5. The number of oxazole rings is 1. The Morgan fingerprint density at radius 1 is 1.24 bits per heavy atom. The number of carbonyl (C=O) groups excluding carboxylic acids is 1. The molecule has 0 amide bonds. The highest BCUT2D eigenvalue weighted by molar-refractivity contribution is 7.13. The van der Waals surface area contributed by atoms with Crippen molar-refractivity contribution < 1.29 is 13.9 Å². The monoisotopic (exact) mass is 520 g/mol. The minimum atomic E-state index is -0.714. The molecule has 0 radical (unpaired) electrons. The highest BCUT2D eigenvalue weighted by Gasteiger charge is 2.51. The van der Waals surface area contributed by atoms with Crippen LogP contribution >= 0.6 is 46.1 Å². The largest absolute Gasteiger partial charge is 0.438 e. The molecule has 5 heterocycles. The summed E-state index contributed by atoms with van der Waals surface area (Å²) < 4.78 is 12.0. The molecule has 3 aliphatic rings. The number of rotatable bonds is 4. The van der Waals surface area contributed by atoms with E-state index >= 15 is 0 Å². The summed E-state index contributed by atoms with van der Waals surface area (Å²) in [5, 5.41) is 10.1. The second kappa shape index (κ2) is 7.94. The maximum atomic E-state index is 13.0. The van der Waals surface area contributed by atoms with Crippen LogP contribution in [0.15, 0.2) is 40.3 Å². The van der Waals surface area contributed by atoms with Gasteiger partial charge in [-0.05, 0) is 30.7 Å². The third-order valence-corrected chi connectivity index (χ3v) is 7.51. The van der Waals surface area contributed by atoms with Crippen LogP contribution in [0, 0.1) is 0 Å². The number of aromatic nitrogens is 2. The molecule has 2 N–H and O–H groups in total. The Balaban J connectivity index is 1.45. The number of carbonyl (C=O) groups is 1. The van der Waals surface area contributed by atoms with Crippen molar-refractivity contribution in [2.45, 2.75) is 18.0 Å². The minimum Gasteiger partial charge on any atom is -0.438 e. The average molecular weight is 522 g/mol. The number of thiazole rings is 1. The van der Waals surface area contributed by atoms with E-state index in [9.17, 15) is 4.79 Å². The molecule has 0 aliphatic carbocycles. The third-order valence-electron chi connectivity index (χ3n) is 5.89. The Hall–Kier alpha value is -2.20. The number of halogens is 3. The number of esters is 1. The first-order valence-electron chi connectivity index (χ1n) is 10.1. The van der Waals surface area contributed by atoms with Crippen molar-refractivity contribution >= 4 is 63.2 Å². The number of piperazine rings is 1. The van der Waals surface area contributed by atoms with Gasteiger partial charge in [-0.25, -0.2) is 14.8 Å². The van der Waals surface area contributed by atoms with Gasteiger partial charge in [0.1, 0.15) is 10.5 Å². The molecule has 0 saturated carbocycles. The fraction of sp³-hybridized carbons (Fsp3) is 0.227.